The van der Waals surface area contributed by atoms with Crippen LogP contribution in [-0.2, 0) is 9.13 Å². The SMILES string of the molecule is O.O=[PH](O)O.O=[PH](O)O. The van der Waals surface area contributed by atoms with Gasteiger partial charge in [-0.25, -0.2) is 0 Å². The highest BCUT2D eigenvalue weighted by Crippen LogP contribution is 1.98. The zero-order chi connectivity index (χ0) is 7.15. The second-order valence-corrected chi connectivity index (χ2v) is 1.70. The van der Waals surface area contributed by atoms with Crippen molar-refractivity contribution in [1.82, 2.24) is 0 Å². The molecule has 0 atom stereocenters. The summed E-state index contributed by atoms with van der Waals surface area (Å²) in [5, 5.41) is 0. The molecule has 6 N–H and O–H groups in total. The van der Waals surface area contributed by atoms with Gasteiger partial charge in [0.2, 0.25) is 0 Å². The second kappa shape index (κ2) is 11.1. The normalized spacial score (nSPS) is 7.78. The van der Waals surface area contributed by atoms with Gasteiger partial charge in [-0.2, -0.15) is 0 Å². The highest BCUT2D eigenvalue weighted by molar-refractivity contribution is 7.31. The first-order valence-corrected chi connectivity index (χ1v) is 3.91. The van der Waals surface area contributed by atoms with Gasteiger partial charge in [0, 0.05) is 0 Å². The largest absolute Gasteiger partial charge is 0.412 e. The quantitative estimate of drug-likeness (QED) is 0.315. The van der Waals surface area contributed by atoms with E-state index in [4.69, 9.17) is 28.7 Å². The lowest BCUT2D eigenvalue weighted by Crippen LogP contribution is -1.38. The van der Waals surface area contributed by atoms with Crippen LogP contribution in [0.3, 0.4) is 0 Å². The van der Waals surface area contributed by atoms with Gasteiger partial charge in [0.25, 0.3) is 0 Å². The van der Waals surface area contributed by atoms with Gasteiger partial charge in [0.05, 0.1) is 0 Å². The molecule has 0 aliphatic heterocycles. The van der Waals surface area contributed by atoms with E-state index in [0.717, 1.165) is 0 Å². The summed E-state index contributed by atoms with van der Waals surface area (Å²) in [5.74, 6) is 0. The van der Waals surface area contributed by atoms with Crippen molar-refractivity contribution < 1.29 is 34.2 Å². The molecule has 60 valence electrons. The maximum Gasteiger partial charge on any atom is 0.314 e. The standard InChI is InChI=1S/2H3O3P.H2O/c2*1-4(2)3;/h2*4H,(H2,1,2,3);1H2. The van der Waals surface area contributed by atoms with Gasteiger partial charge in [-0.1, -0.05) is 0 Å². The minimum Gasteiger partial charge on any atom is -0.412 e. The van der Waals surface area contributed by atoms with E-state index in [9.17, 15) is 0 Å². The Morgan fingerprint density at radius 3 is 0.778 bits per heavy atom. The Balaban J connectivity index is -0.0000000720. The van der Waals surface area contributed by atoms with Crippen LogP contribution in [0.4, 0.5) is 0 Å². The molecule has 0 aromatic rings. The summed E-state index contributed by atoms with van der Waals surface area (Å²) in [6.07, 6.45) is 0. The molecule has 0 aliphatic rings. The Hall–Kier alpha value is 0.260. The van der Waals surface area contributed by atoms with Crippen LogP contribution in [-0.4, -0.2) is 25.0 Å². The molecule has 9 heavy (non-hydrogen) atoms. The molecule has 0 saturated carbocycles. The summed E-state index contributed by atoms with van der Waals surface area (Å²) < 4.78 is 17.5. The average molecular weight is 182 g/mol. The fourth-order valence-corrected chi connectivity index (χ4v) is 0. The van der Waals surface area contributed by atoms with Crippen LogP contribution in [0.5, 0.6) is 0 Å². The maximum absolute atomic E-state index is 8.74. The molecule has 0 aromatic carbocycles. The van der Waals surface area contributed by atoms with Crippen molar-refractivity contribution >= 4 is 16.5 Å². The summed E-state index contributed by atoms with van der Waals surface area (Å²) in [4.78, 5) is 28.6. The fraction of sp³-hybridized carbons (Fsp3) is 0. The van der Waals surface area contributed by atoms with Crippen molar-refractivity contribution in [3.63, 3.8) is 0 Å². The van der Waals surface area contributed by atoms with Crippen molar-refractivity contribution in [2.24, 2.45) is 0 Å². The highest BCUT2D eigenvalue weighted by atomic mass is 31.1. The first kappa shape index (κ1) is 16.1. The highest BCUT2D eigenvalue weighted by Gasteiger charge is 1.62. The second-order valence-electron chi connectivity index (χ2n) is 0.565. The third-order valence-electron chi connectivity index (χ3n) is 0. The molecule has 0 unspecified atom stereocenters. The van der Waals surface area contributed by atoms with Crippen LogP contribution < -0.4 is 0 Å². The van der Waals surface area contributed by atoms with E-state index < -0.39 is 16.5 Å². The molecule has 0 heterocycles. The molecule has 0 aliphatic carbocycles. The van der Waals surface area contributed by atoms with Crippen LogP contribution >= 0.6 is 16.5 Å². The zero-order valence-corrected chi connectivity index (χ0v) is 6.11. The van der Waals surface area contributed by atoms with Crippen LogP contribution in [0.25, 0.3) is 0 Å². The predicted molar refractivity (Wildman–Crippen MR) is 30.5 cm³/mol. The van der Waals surface area contributed by atoms with Crippen molar-refractivity contribution in [3.8, 4) is 0 Å². The monoisotopic (exact) mass is 182 g/mol. The lowest BCUT2D eigenvalue weighted by Gasteiger charge is -1.61. The van der Waals surface area contributed by atoms with Gasteiger partial charge in [-0.3, -0.25) is 9.13 Å². The van der Waals surface area contributed by atoms with Gasteiger partial charge >= 0.3 is 16.5 Å². The Kier molecular flexibility index (Phi) is 19.9. The van der Waals surface area contributed by atoms with Crippen molar-refractivity contribution in [3.05, 3.63) is 0 Å². The van der Waals surface area contributed by atoms with Crippen molar-refractivity contribution in [1.29, 1.82) is 0 Å². The van der Waals surface area contributed by atoms with Crippen LogP contribution in [0.2, 0.25) is 0 Å². The summed E-state index contributed by atoms with van der Waals surface area (Å²) in [7, 11) is -6.26. The van der Waals surface area contributed by atoms with Gasteiger partial charge < -0.3 is 25.0 Å². The topological polar surface area (TPSA) is 147 Å². The fourth-order valence-electron chi connectivity index (χ4n) is 0. The Morgan fingerprint density at radius 2 is 0.778 bits per heavy atom. The van der Waals surface area contributed by atoms with Crippen molar-refractivity contribution in [2.45, 2.75) is 0 Å². The molecular formula is H8O7P2. The molecule has 0 saturated heterocycles. The first-order chi connectivity index (χ1) is 3.46. The summed E-state index contributed by atoms with van der Waals surface area (Å²) >= 11 is 0. The Bertz CT molecular complexity index is 64.9. The maximum atomic E-state index is 8.74. The van der Waals surface area contributed by atoms with Gasteiger partial charge in [-0.15, -0.1) is 0 Å². The van der Waals surface area contributed by atoms with E-state index in [1.54, 1.807) is 0 Å². The molecule has 0 rings (SSSR count). The lowest BCUT2D eigenvalue weighted by molar-refractivity contribution is 0.403. The Labute approximate surface area is 51.8 Å². The van der Waals surface area contributed by atoms with E-state index in [1.807, 2.05) is 0 Å². The van der Waals surface area contributed by atoms with E-state index in [-0.39, 0.29) is 5.48 Å². The number of hydrogen-bond acceptors (Lipinski definition) is 2. The molecule has 0 amide bonds. The molecule has 0 fully saturated rings. The van der Waals surface area contributed by atoms with E-state index in [2.05, 4.69) is 0 Å². The van der Waals surface area contributed by atoms with Gasteiger partial charge in [0.15, 0.2) is 0 Å². The smallest absolute Gasteiger partial charge is 0.314 e. The molecule has 0 bridgehead atoms. The summed E-state index contributed by atoms with van der Waals surface area (Å²) in [5.41, 5.74) is 0. The van der Waals surface area contributed by atoms with Crippen molar-refractivity contribution in [2.75, 3.05) is 0 Å². The molecule has 7 nitrogen and oxygen atoms in total. The lowest BCUT2D eigenvalue weighted by atomic mass is 15.8. The molecular weight excluding hydrogens is 174 g/mol. The summed E-state index contributed by atoms with van der Waals surface area (Å²) in [6.45, 7) is 0. The third-order valence-corrected chi connectivity index (χ3v) is 0. The van der Waals surface area contributed by atoms with Crippen LogP contribution in [0.1, 0.15) is 0 Å². The third kappa shape index (κ3) is 4790. The van der Waals surface area contributed by atoms with E-state index in [1.165, 1.54) is 0 Å². The zero-order valence-electron chi connectivity index (χ0n) is 4.11. The van der Waals surface area contributed by atoms with Crippen LogP contribution in [0.15, 0.2) is 0 Å². The number of rotatable bonds is 0. The molecule has 0 radical (unpaired) electrons. The van der Waals surface area contributed by atoms with Gasteiger partial charge in [-0.05, 0) is 0 Å². The van der Waals surface area contributed by atoms with E-state index in [0.29, 0.717) is 0 Å². The van der Waals surface area contributed by atoms with Gasteiger partial charge in [0.1, 0.15) is 0 Å². The minimum atomic E-state index is -3.13. The van der Waals surface area contributed by atoms with Crippen LogP contribution in [0, 0.1) is 0 Å². The summed E-state index contributed by atoms with van der Waals surface area (Å²) in [6, 6.07) is 0. The Morgan fingerprint density at radius 1 is 0.778 bits per heavy atom. The number of hydrogen-bond donors (Lipinski definition) is 4. The predicted octanol–water partition coefficient (Wildman–Crippen LogP) is -2.10. The van der Waals surface area contributed by atoms with E-state index >= 15 is 0 Å². The molecule has 0 aromatic heterocycles. The first-order valence-electron chi connectivity index (χ1n) is 1.30. The average Bonchev–Trinajstić information content (AvgIpc) is 1.25. The molecule has 9 heteroatoms. The molecule has 0 spiro atoms. The minimum absolute atomic E-state index is 0.